The zero-order valence-corrected chi connectivity index (χ0v) is 9.94. The third-order valence-corrected chi connectivity index (χ3v) is 2.13. The van der Waals surface area contributed by atoms with Crippen LogP contribution in [0.2, 0.25) is 0 Å². The number of nitrogens with one attached hydrogen (secondary N) is 2. The van der Waals surface area contributed by atoms with Gasteiger partial charge < -0.3 is 0 Å². The van der Waals surface area contributed by atoms with E-state index in [0.29, 0.717) is 12.5 Å². The van der Waals surface area contributed by atoms with E-state index in [0.717, 1.165) is 9.77 Å². The maximum Gasteiger partial charge on any atom is 0.434 e. The fourth-order valence-corrected chi connectivity index (χ4v) is 1.91. The Hall–Kier alpha value is -0.310. The Balaban J connectivity index is 4.35. The van der Waals surface area contributed by atoms with Crippen LogP contribution in [-0.2, 0) is 39.0 Å². The van der Waals surface area contributed by atoms with Crippen molar-refractivity contribution in [1.29, 1.82) is 0 Å². The molecular formula is C2H8N2O8S3. The molecule has 0 heterocycles. The first-order valence-corrected chi connectivity index (χ1v) is 8.08. The Morgan fingerprint density at radius 2 is 1.00 bits per heavy atom. The van der Waals surface area contributed by atoms with Crippen molar-refractivity contribution >= 4 is 30.4 Å². The van der Waals surface area contributed by atoms with Gasteiger partial charge in [0.2, 0.25) is 20.0 Å². The van der Waals surface area contributed by atoms with E-state index in [4.69, 9.17) is 0 Å². The molecule has 0 atom stereocenters. The second-order valence-electron chi connectivity index (χ2n) is 2.29. The van der Waals surface area contributed by atoms with Crippen molar-refractivity contribution < 1.29 is 33.8 Å². The van der Waals surface area contributed by atoms with Crippen LogP contribution in [0.5, 0.6) is 0 Å². The summed E-state index contributed by atoms with van der Waals surface area (Å²) in [5.74, 6) is 0. The molecule has 0 aromatic carbocycles. The molecule has 0 fully saturated rings. The fraction of sp³-hybridized carbons (Fsp3) is 1.00. The monoisotopic (exact) mass is 284 g/mol. The van der Waals surface area contributed by atoms with E-state index < -0.39 is 30.4 Å². The SMILES string of the molecule is CS(=O)(=O)NOS(=O)(=O)ONS(C)(=O)=O. The number of hydrogen-bond acceptors (Lipinski definition) is 8. The molecular weight excluding hydrogens is 276 g/mol. The molecule has 0 aromatic heterocycles. The van der Waals surface area contributed by atoms with Gasteiger partial charge in [-0.25, -0.2) is 16.8 Å². The number of rotatable bonds is 6. The molecule has 0 amide bonds. The molecule has 0 aliphatic rings. The zero-order chi connectivity index (χ0) is 12.3. The highest BCUT2D eigenvalue weighted by Crippen LogP contribution is 1.92. The first kappa shape index (κ1) is 14.7. The highest BCUT2D eigenvalue weighted by atomic mass is 32.3. The van der Waals surface area contributed by atoms with Gasteiger partial charge in [0.1, 0.15) is 0 Å². The molecule has 0 radical (unpaired) electrons. The van der Waals surface area contributed by atoms with Crippen LogP contribution < -0.4 is 9.77 Å². The second-order valence-corrected chi connectivity index (χ2v) is 6.86. The highest BCUT2D eigenvalue weighted by Gasteiger charge is 2.18. The third kappa shape index (κ3) is 9.98. The lowest BCUT2D eigenvalue weighted by Gasteiger charge is -2.04. The molecule has 0 aliphatic carbocycles. The van der Waals surface area contributed by atoms with Gasteiger partial charge in [0, 0.05) is 0 Å². The van der Waals surface area contributed by atoms with Crippen molar-refractivity contribution in [2.24, 2.45) is 0 Å². The van der Waals surface area contributed by atoms with Gasteiger partial charge in [0.25, 0.3) is 0 Å². The van der Waals surface area contributed by atoms with Crippen LogP contribution in [-0.4, -0.2) is 37.8 Å². The molecule has 92 valence electrons. The topological polar surface area (TPSA) is 145 Å². The molecule has 0 unspecified atom stereocenters. The Kier molecular flexibility index (Phi) is 4.59. The summed E-state index contributed by atoms with van der Waals surface area (Å²) in [5, 5.41) is 0. The first-order chi connectivity index (χ1) is 6.41. The molecule has 13 heteroatoms. The molecule has 0 aliphatic heterocycles. The Morgan fingerprint density at radius 3 is 1.20 bits per heavy atom. The van der Waals surface area contributed by atoms with Crippen LogP contribution in [0.15, 0.2) is 0 Å². The van der Waals surface area contributed by atoms with Gasteiger partial charge in [-0.1, -0.05) is 9.77 Å². The van der Waals surface area contributed by atoms with Crippen molar-refractivity contribution in [3.63, 3.8) is 0 Å². The molecule has 0 bridgehead atoms. The maximum atomic E-state index is 10.6. The van der Waals surface area contributed by atoms with E-state index in [2.05, 4.69) is 8.57 Å². The summed E-state index contributed by atoms with van der Waals surface area (Å²) in [7, 11) is -12.7. The predicted octanol–water partition coefficient (Wildman–Crippen LogP) is -2.81. The summed E-state index contributed by atoms with van der Waals surface area (Å²) in [6, 6.07) is 0. The van der Waals surface area contributed by atoms with Crippen molar-refractivity contribution in [1.82, 2.24) is 9.77 Å². The first-order valence-electron chi connectivity index (χ1n) is 2.97. The van der Waals surface area contributed by atoms with Gasteiger partial charge in [-0.05, 0) is 0 Å². The average molecular weight is 284 g/mol. The van der Waals surface area contributed by atoms with Gasteiger partial charge in [0.05, 0.1) is 12.5 Å². The lowest BCUT2D eigenvalue weighted by atomic mass is 12.0. The molecule has 0 saturated carbocycles. The molecule has 0 saturated heterocycles. The minimum atomic E-state index is -4.83. The van der Waals surface area contributed by atoms with Crippen LogP contribution in [0.3, 0.4) is 0 Å². The molecule has 0 aromatic rings. The molecule has 15 heavy (non-hydrogen) atoms. The zero-order valence-electron chi connectivity index (χ0n) is 7.49. The van der Waals surface area contributed by atoms with E-state index in [1.165, 1.54) is 0 Å². The van der Waals surface area contributed by atoms with Gasteiger partial charge in [0.15, 0.2) is 0 Å². The normalized spacial score (nSPS) is 14.0. The number of sulfonamides is 2. The summed E-state index contributed by atoms with van der Waals surface area (Å²) in [6.45, 7) is 0. The van der Waals surface area contributed by atoms with Crippen molar-refractivity contribution in [2.45, 2.75) is 0 Å². The fourth-order valence-electron chi connectivity index (χ4n) is 0.224. The maximum absolute atomic E-state index is 10.6. The van der Waals surface area contributed by atoms with Gasteiger partial charge in [-0.2, -0.15) is 8.42 Å². The van der Waals surface area contributed by atoms with Crippen LogP contribution in [0.4, 0.5) is 0 Å². The quantitative estimate of drug-likeness (QED) is 0.497. The smallest absolute Gasteiger partial charge is 0.211 e. The lowest BCUT2D eigenvalue weighted by molar-refractivity contribution is 0.172. The Labute approximate surface area is 86.9 Å². The lowest BCUT2D eigenvalue weighted by Crippen LogP contribution is -2.32. The van der Waals surface area contributed by atoms with Gasteiger partial charge >= 0.3 is 10.4 Å². The second kappa shape index (κ2) is 4.69. The minimum Gasteiger partial charge on any atom is -0.211 e. The van der Waals surface area contributed by atoms with Crippen LogP contribution in [0.25, 0.3) is 0 Å². The summed E-state index contributed by atoms with van der Waals surface area (Å²) < 4.78 is 69.9. The van der Waals surface area contributed by atoms with E-state index in [1.54, 1.807) is 0 Å². The minimum absolute atomic E-state index is 0.618. The summed E-state index contributed by atoms with van der Waals surface area (Å²) in [4.78, 5) is 2.25. The third-order valence-electron chi connectivity index (χ3n) is 0.575. The average Bonchev–Trinajstić information content (AvgIpc) is 1.96. The van der Waals surface area contributed by atoms with Gasteiger partial charge in [-0.3, -0.25) is 0 Å². The molecule has 0 rings (SSSR count). The molecule has 10 nitrogen and oxygen atoms in total. The standard InChI is InChI=1S/C2H8N2O8S3/c1-13(5,6)3-11-15(9,10)12-4-14(2,7)8/h3-4H,1-2H3. The Morgan fingerprint density at radius 1 is 0.733 bits per heavy atom. The van der Waals surface area contributed by atoms with Crippen molar-refractivity contribution in [3.8, 4) is 0 Å². The van der Waals surface area contributed by atoms with E-state index in [9.17, 15) is 25.3 Å². The molecule has 2 N–H and O–H groups in total. The summed E-state index contributed by atoms with van der Waals surface area (Å²) in [5.41, 5.74) is 0. The summed E-state index contributed by atoms with van der Waals surface area (Å²) in [6.07, 6.45) is 1.24. The number of hydrogen-bond donors (Lipinski definition) is 2. The van der Waals surface area contributed by atoms with Crippen LogP contribution in [0.1, 0.15) is 0 Å². The molecule has 0 spiro atoms. The van der Waals surface area contributed by atoms with E-state index in [1.807, 2.05) is 0 Å². The predicted molar refractivity (Wildman–Crippen MR) is 47.0 cm³/mol. The summed E-state index contributed by atoms with van der Waals surface area (Å²) >= 11 is 0. The van der Waals surface area contributed by atoms with Gasteiger partial charge in [-0.15, -0.1) is 8.57 Å². The largest absolute Gasteiger partial charge is 0.434 e. The van der Waals surface area contributed by atoms with Crippen molar-refractivity contribution in [3.05, 3.63) is 0 Å². The van der Waals surface area contributed by atoms with E-state index >= 15 is 0 Å². The Bertz CT molecular complexity index is 456. The van der Waals surface area contributed by atoms with Crippen LogP contribution in [0, 0.1) is 0 Å². The van der Waals surface area contributed by atoms with Crippen LogP contribution >= 0.6 is 0 Å². The van der Waals surface area contributed by atoms with E-state index in [-0.39, 0.29) is 0 Å². The van der Waals surface area contributed by atoms with Crippen molar-refractivity contribution in [2.75, 3.05) is 12.5 Å². The highest BCUT2D eigenvalue weighted by molar-refractivity contribution is 7.90.